The van der Waals surface area contributed by atoms with Gasteiger partial charge in [0.15, 0.2) is 0 Å². The van der Waals surface area contributed by atoms with Crippen LogP contribution in [0.4, 0.5) is 0 Å². The second-order valence-electron chi connectivity index (χ2n) is 4.91. The van der Waals surface area contributed by atoms with Crippen LogP contribution in [0.3, 0.4) is 0 Å². The maximum absolute atomic E-state index is 8.72. The Kier molecular flexibility index (Phi) is 6.04. The van der Waals surface area contributed by atoms with Crippen molar-refractivity contribution in [3.8, 4) is 0 Å². The number of aromatic nitrogens is 1. The summed E-state index contributed by atoms with van der Waals surface area (Å²) < 4.78 is 5.72. The molecule has 0 amide bonds. The smallest absolute Gasteiger partial charge is 0.129 e. The van der Waals surface area contributed by atoms with Crippen LogP contribution in [0.25, 0.3) is 0 Å². The molecule has 1 saturated heterocycles. The van der Waals surface area contributed by atoms with Crippen molar-refractivity contribution in [1.29, 1.82) is 0 Å². The molecule has 0 radical (unpaired) electrons. The second-order valence-corrected chi connectivity index (χ2v) is 5.30. The van der Waals surface area contributed by atoms with Gasteiger partial charge in [-0.05, 0) is 37.0 Å². The van der Waals surface area contributed by atoms with Gasteiger partial charge in [0.05, 0.1) is 6.10 Å². The SMILES string of the molecule is OCCCOC1CCN(Cc2ccnc(Cl)c2)CC1. The second kappa shape index (κ2) is 7.80. The molecule has 2 heterocycles. The molecule has 1 fully saturated rings. The van der Waals surface area contributed by atoms with Crippen LogP contribution in [0.5, 0.6) is 0 Å². The van der Waals surface area contributed by atoms with E-state index >= 15 is 0 Å². The van der Waals surface area contributed by atoms with Gasteiger partial charge in [0, 0.05) is 39.0 Å². The van der Waals surface area contributed by atoms with Gasteiger partial charge in [-0.15, -0.1) is 0 Å². The van der Waals surface area contributed by atoms with Crippen molar-refractivity contribution in [1.82, 2.24) is 9.88 Å². The molecule has 0 atom stereocenters. The molecule has 0 aromatic carbocycles. The lowest BCUT2D eigenvalue weighted by Crippen LogP contribution is -2.36. The van der Waals surface area contributed by atoms with E-state index in [1.165, 1.54) is 5.56 Å². The van der Waals surface area contributed by atoms with Gasteiger partial charge in [-0.3, -0.25) is 4.90 Å². The van der Waals surface area contributed by atoms with E-state index in [1.54, 1.807) is 6.20 Å². The molecule has 0 saturated carbocycles. The molecule has 19 heavy (non-hydrogen) atoms. The Balaban J connectivity index is 1.71. The summed E-state index contributed by atoms with van der Waals surface area (Å²) in [5, 5.41) is 9.28. The molecule has 1 aliphatic rings. The molecule has 0 spiro atoms. The number of rotatable bonds is 6. The molecule has 0 unspecified atom stereocenters. The number of likely N-dealkylation sites (tertiary alicyclic amines) is 1. The van der Waals surface area contributed by atoms with Crippen molar-refractivity contribution < 1.29 is 9.84 Å². The fraction of sp³-hybridized carbons (Fsp3) is 0.643. The Hall–Kier alpha value is -0.680. The van der Waals surface area contributed by atoms with Crippen LogP contribution in [0.15, 0.2) is 18.3 Å². The number of hydrogen-bond acceptors (Lipinski definition) is 4. The van der Waals surface area contributed by atoms with E-state index in [0.717, 1.165) is 38.9 Å². The molecule has 2 rings (SSSR count). The van der Waals surface area contributed by atoms with E-state index in [0.29, 0.717) is 17.9 Å². The number of ether oxygens (including phenoxy) is 1. The number of halogens is 1. The van der Waals surface area contributed by atoms with Crippen LogP contribution in [0.1, 0.15) is 24.8 Å². The van der Waals surface area contributed by atoms with Crippen molar-refractivity contribution in [3.05, 3.63) is 29.0 Å². The number of aliphatic hydroxyl groups is 1. The standard InChI is InChI=1S/C14H21ClN2O2/c15-14-10-12(2-5-16-14)11-17-6-3-13(4-7-17)19-9-1-8-18/h2,5,10,13,18H,1,3-4,6-9,11H2. The van der Waals surface area contributed by atoms with Crippen LogP contribution in [0.2, 0.25) is 5.15 Å². The van der Waals surface area contributed by atoms with Crippen LogP contribution >= 0.6 is 11.6 Å². The highest BCUT2D eigenvalue weighted by Crippen LogP contribution is 2.17. The number of piperidine rings is 1. The lowest BCUT2D eigenvalue weighted by molar-refractivity contribution is 0.000782. The molecular formula is C14H21ClN2O2. The first-order chi connectivity index (χ1) is 9.28. The summed E-state index contributed by atoms with van der Waals surface area (Å²) >= 11 is 5.89. The van der Waals surface area contributed by atoms with Gasteiger partial charge in [0.1, 0.15) is 5.15 Å². The summed E-state index contributed by atoms with van der Waals surface area (Å²) in [7, 11) is 0. The zero-order valence-electron chi connectivity index (χ0n) is 11.1. The normalized spacial score (nSPS) is 17.8. The summed E-state index contributed by atoms with van der Waals surface area (Å²) in [5.41, 5.74) is 1.21. The first-order valence-corrected chi connectivity index (χ1v) is 7.21. The average Bonchev–Trinajstić information content (AvgIpc) is 2.41. The van der Waals surface area contributed by atoms with Crippen molar-refractivity contribution in [2.45, 2.75) is 31.9 Å². The quantitative estimate of drug-likeness (QED) is 0.642. The highest BCUT2D eigenvalue weighted by Gasteiger charge is 2.19. The zero-order chi connectivity index (χ0) is 13.5. The van der Waals surface area contributed by atoms with Crippen LogP contribution in [-0.2, 0) is 11.3 Å². The molecule has 0 bridgehead atoms. The minimum atomic E-state index is 0.210. The first-order valence-electron chi connectivity index (χ1n) is 6.83. The number of hydrogen-bond donors (Lipinski definition) is 1. The molecule has 4 nitrogen and oxygen atoms in total. The van der Waals surface area contributed by atoms with E-state index < -0.39 is 0 Å². The predicted octanol–water partition coefficient (Wildman–Crippen LogP) is 2.10. The third-order valence-corrected chi connectivity index (χ3v) is 3.59. The maximum Gasteiger partial charge on any atom is 0.129 e. The Bertz CT molecular complexity index is 381. The van der Waals surface area contributed by atoms with E-state index in [4.69, 9.17) is 21.4 Å². The van der Waals surface area contributed by atoms with Crippen molar-refractivity contribution in [2.75, 3.05) is 26.3 Å². The topological polar surface area (TPSA) is 45.6 Å². The molecule has 1 aromatic rings. The Morgan fingerprint density at radius 2 is 2.21 bits per heavy atom. The van der Waals surface area contributed by atoms with Crippen molar-refractivity contribution in [3.63, 3.8) is 0 Å². The fourth-order valence-corrected chi connectivity index (χ4v) is 2.54. The number of aliphatic hydroxyl groups excluding tert-OH is 1. The van der Waals surface area contributed by atoms with Crippen molar-refractivity contribution >= 4 is 11.6 Å². The third-order valence-electron chi connectivity index (χ3n) is 3.39. The van der Waals surface area contributed by atoms with Gasteiger partial charge < -0.3 is 9.84 Å². The predicted molar refractivity (Wildman–Crippen MR) is 75.2 cm³/mol. The van der Waals surface area contributed by atoms with Gasteiger partial charge in [-0.2, -0.15) is 0 Å². The third kappa shape index (κ3) is 5.07. The number of pyridine rings is 1. The summed E-state index contributed by atoms with van der Waals surface area (Å²) in [4.78, 5) is 6.41. The highest BCUT2D eigenvalue weighted by molar-refractivity contribution is 6.29. The Morgan fingerprint density at radius 1 is 1.42 bits per heavy atom. The zero-order valence-corrected chi connectivity index (χ0v) is 11.9. The Labute approximate surface area is 119 Å². The minimum Gasteiger partial charge on any atom is -0.396 e. The largest absolute Gasteiger partial charge is 0.396 e. The molecule has 106 valence electrons. The van der Waals surface area contributed by atoms with Crippen molar-refractivity contribution in [2.24, 2.45) is 0 Å². The lowest BCUT2D eigenvalue weighted by atomic mass is 10.1. The molecule has 5 heteroatoms. The summed E-state index contributed by atoms with van der Waals surface area (Å²) in [5.74, 6) is 0. The highest BCUT2D eigenvalue weighted by atomic mass is 35.5. The minimum absolute atomic E-state index is 0.210. The molecular weight excluding hydrogens is 264 g/mol. The van der Waals surface area contributed by atoms with Gasteiger partial charge in [0.2, 0.25) is 0 Å². The molecule has 1 aliphatic heterocycles. The summed E-state index contributed by atoms with van der Waals surface area (Å²) in [6.45, 7) is 3.89. The Morgan fingerprint density at radius 3 is 2.89 bits per heavy atom. The lowest BCUT2D eigenvalue weighted by Gasteiger charge is -2.31. The van der Waals surface area contributed by atoms with E-state index in [-0.39, 0.29) is 6.61 Å². The van der Waals surface area contributed by atoms with E-state index in [1.807, 2.05) is 12.1 Å². The van der Waals surface area contributed by atoms with Crippen LogP contribution < -0.4 is 0 Å². The summed E-state index contributed by atoms with van der Waals surface area (Å²) in [6.07, 6.45) is 4.95. The van der Waals surface area contributed by atoms with Crippen LogP contribution in [-0.4, -0.2) is 47.4 Å². The van der Waals surface area contributed by atoms with Gasteiger partial charge >= 0.3 is 0 Å². The van der Waals surface area contributed by atoms with Gasteiger partial charge in [-0.25, -0.2) is 4.98 Å². The van der Waals surface area contributed by atoms with Gasteiger partial charge in [-0.1, -0.05) is 11.6 Å². The monoisotopic (exact) mass is 284 g/mol. The number of nitrogens with zero attached hydrogens (tertiary/aromatic N) is 2. The fourth-order valence-electron chi connectivity index (χ4n) is 2.35. The van der Waals surface area contributed by atoms with E-state index in [2.05, 4.69) is 9.88 Å². The first kappa shape index (κ1) is 14.7. The summed E-state index contributed by atoms with van der Waals surface area (Å²) in [6, 6.07) is 3.93. The average molecular weight is 285 g/mol. The molecule has 0 aliphatic carbocycles. The van der Waals surface area contributed by atoms with E-state index in [9.17, 15) is 0 Å². The maximum atomic E-state index is 8.72. The molecule has 1 N–H and O–H groups in total. The molecule has 1 aromatic heterocycles. The van der Waals surface area contributed by atoms with Gasteiger partial charge in [0.25, 0.3) is 0 Å². The van der Waals surface area contributed by atoms with Crippen LogP contribution in [0, 0.1) is 0 Å².